The van der Waals surface area contributed by atoms with Crippen LogP contribution in [-0.2, 0) is 4.79 Å². The van der Waals surface area contributed by atoms with E-state index in [4.69, 9.17) is 5.11 Å². The summed E-state index contributed by atoms with van der Waals surface area (Å²) in [6.07, 6.45) is 0.144. The van der Waals surface area contributed by atoms with E-state index >= 15 is 0 Å². The quantitative estimate of drug-likeness (QED) is 0.843. The first-order chi connectivity index (χ1) is 8.27. The third-order valence-electron chi connectivity index (χ3n) is 3.54. The van der Waals surface area contributed by atoms with Gasteiger partial charge in [-0.1, -0.05) is 32.0 Å². The molecule has 1 atom stereocenters. The second-order valence-corrected chi connectivity index (χ2v) is 5.62. The molecule has 0 spiro atoms. The number of carboxylic acid groups (broad SMARTS) is 1. The van der Waals surface area contributed by atoms with Crippen molar-refractivity contribution < 1.29 is 9.90 Å². The van der Waals surface area contributed by atoms with Crippen molar-refractivity contribution >= 4 is 5.97 Å². The Kier molecular flexibility index (Phi) is 4.52. The third-order valence-corrected chi connectivity index (χ3v) is 3.54. The molecule has 0 aliphatic rings. The molecule has 1 unspecified atom stereocenters. The Morgan fingerprint density at radius 1 is 1.33 bits per heavy atom. The number of benzene rings is 1. The number of hydrogen-bond acceptors (Lipinski definition) is 2. The lowest BCUT2D eigenvalue weighted by Crippen LogP contribution is -2.34. The molecule has 3 heteroatoms. The van der Waals surface area contributed by atoms with Crippen molar-refractivity contribution in [2.45, 2.75) is 40.2 Å². The fourth-order valence-corrected chi connectivity index (χ4v) is 2.44. The topological polar surface area (TPSA) is 49.3 Å². The predicted molar refractivity (Wildman–Crippen MR) is 73.8 cm³/mol. The number of carboxylic acids is 1. The van der Waals surface area contributed by atoms with Gasteiger partial charge in [-0.2, -0.15) is 0 Å². The summed E-state index contributed by atoms with van der Waals surface area (Å²) in [5.74, 6) is -0.760. The first-order valence-corrected chi connectivity index (χ1v) is 6.24. The molecule has 3 nitrogen and oxygen atoms in total. The molecule has 18 heavy (non-hydrogen) atoms. The number of aliphatic carboxylic acids is 1. The minimum absolute atomic E-state index is 0.0351. The maximum Gasteiger partial charge on any atom is 0.303 e. The summed E-state index contributed by atoms with van der Waals surface area (Å²) < 4.78 is 0. The molecule has 0 amide bonds. The Hall–Kier alpha value is -1.35. The van der Waals surface area contributed by atoms with Gasteiger partial charge in [-0.25, -0.2) is 0 Å². The molecule has 0 saturated heterocycles. The Bertz CT molecular complexity index is 438. The van der Waals surface area contributed by atoms with E-state index in [0.29, 0.717) is 0 Å². The molecule has 0 bridgehead atoms. The fraction of sp³-hybridized carbons (Fsp3) is 0.533. The van der Waals surface area contributed by atoms with Crippen molar-refractivity contribution in [2.24, 2.45) is 5.41 Å². The second kappa shape index (κ2) is 5.53. The zero-order valence-electron chi connectivity index (χ0n) is 11.9. The summed E-state index contributed by atoms with van der Waals surface area (Å²) in [6.45, 7) is 8.13. The van der Waals surface area contributed by atoms with Crippen LogP contribution in [-0.4, -0.2) is 18.1 Å². The highest BCUT2D eigenvalue weighted by Crippen LogP contribution is 2.36. The van der Waals surface area contributed by atoms with Crippen molar-refractivity contribution in [1.29, 1.82) is 0 Å². The van der Waals surface area contributed by atoms with Gasteiger partial charge < -0.3 is 10.4 Å². The van der Waals surface area contributed by atoms with Crippen molar-refractivity contribution in [1.82, 2.24) is 5.32 Å². The van der Waals surface area contributed by atoms with Gasteiger partial charge in [0.15, 0.2) is 0 Å². The fourth-order valence-electron chi connectivity index (χ4n) is 2.44. The summed E-state index contributed by atoms with van der Waals surface area (Å²) in [5.41, 5.74) is 3.30. The molecule has 0 aliphatic carbocycles. The maximum atomic E-state index is 11.0. The molecule has 1 aromatic rings. The number of hydrogen-bond donors (Lipinski definition) is 2. The monoisotopic (exact) mass is 249 g/mol. The lowest BCUT2D eigenvalue weighted by molar-refractivity contribution is -0.139. The van der Waals surface area contributed by atoms with E-state index in [1.807, 2.05) is 20.9 Å². The highest BCUT2D eigenvalue weighted by atomic mass is 16.4. The molecule has 1 aromatic carbocycles. The first-order valence-electron chi connectivity index (χ1n) is 6.24. The summed E-state index contributed by atoms with van der Waals surface area (Å²) in [7, 11) is 1.88. The van der Waals surface area contributed by atoms with E-state index in [0.717, 1.165) is 5.56 Å². The lowest BCUT2D eigenvalue weighted by Gasteiger charge is -2.33. The molecule has 0 aliphatic heterocycles. The molecule has 0 aromatic heterocycles. The van der Waals surface area contributed by atoms with Crippen molar-refractivity contribution in [3.63, 3.8) is 0 Å². The van der Waals surface area contributed by atoms with Gasteiger partial charge in [0, 0.05) is 6.04 Å². The van der Waals surface area contributed by atoms with Crippen LogP contribution in [0, 0.1) is 19.3 Å². The van der Waals surface area contributed by atoms with E-state index in [1.165, 1.54) is 11.1 Å². The van der Waals surface area contributed by atoms with E-state index in [9.17, 15) is 4.79 Å². The Morgan fingerprint density at radius 2 is 1.94 bits per heavy atom. The Balaban J connectivity index is 3.08. The first kappa shape index (κ1) is 14.7. The molecular formula is C15H23NO2. The minimum Gasteiger partial charge on any atom is -0.481 e. The number of aryl methyl sites for hydroxylation is 2. The van der Waals surface area contributed by atoms with Crippen LogP contribution in [0.1, 0.15) is 43.0 Å². The number of carbonyl (C=O) groups is 1. The zero-order chi connectivity index (χ0) is 13.9. The molecule has 1 rings (SSSR count). The van der Waals surface area contributed by atoms with E-state index in [-0.39, 0.29) is 17.9 Å². The van der Waals surface area contributed by atoms with Gasteiger partial charge in [0.05, 0.1) is 6.42 Å². The highest BCUT2D eigenvalue weighted by Gasteiger charge is 2.32. The largest absolute Gasteiger partial charge is 0.481 e. The normalized spacial score (nSPS) is 13.4. The lowest BCUT2D eigenvalue weighted by atomic mass is 9.77. The summed E-state index contributed by atoms with van der Waals surface area (Å²) >= 11 is 0. The van der Waals surface area contributed by atoms with E-state index < -0.39 is 5.97 Å². The number of rotatable bonds is 5. The van der Waals surface area contributed by atoms with Crippen LogP contribution in [0.4, 0.5) is 0 Å². The molecule has 0 fully saturated rings. The van der Waals surface area contributed by atoms with Gasteiger partial charge in [-0.3, -0.25) is 4.79 Å². The summed E-state index contributed by atoms with van der Waals surface area (Å²) in [5, 5.41) is 12.3. The molecule has 100 valence electrons. The van der Waals surface area contributed by atoms with Gasteiger partial charge in [0.25, 0.3) is 0 Å². The van der Waals surface area contributed by atoms with Gasteiger partial charge in [0.2, 0.25) is 0 Å². The molecule has 0 radical (unpaired) electrons. The van der Waals surface area contributed by atoms with E-state index in [1.54, 1.807) is 0 Å². The smallest absolute Gasteiger partial charge is 0.303 e. The summed E-state index contributed by atoms with van der Waals surface area (Å²) in [4.78, 5) is 11.0. The van der Waals surface area contributed by atoms with Crippen molar-refractivity contribution in [3.8, 4) is 0 Å². The Labute approximate surface area is 109 Å². The second-order valence-electron chi connectivity index (χ2n) is 5.62. The highest BCUT2D eigenvalue weighted by molar-refractivity contribution is 5.67. The van der Waals surface area contributed by atoms with Crippen molar-refractivity contribution in [3.05, 3.63) is 34.9 Å². The molecule has 0 heterocycles. The average molecular weight is 249 g/mol. The van der Waals surface area contributed by atoms with Crippen LogP contribution < -0.4 is 5.32 Å². The minimum atomic E-state index is -0.760. The van der Waals surface area contributed by atoms with Crippen LogP contribution >= 0.6 is 0 Å². The molecule has 2 N–H and O–H groups in total. The van der Waals surface area contributed by atoms with Crippen LogP contribution in [0.2, 0.25) is 0 Å². The standard InChI is InChI=1S/C15H23NO2/c1-10-6-7-12(8-11(10)2)14(16-5)15(3,4)9-13(17)18/h6-8,14,16H,9H2,1-5H3,(H,17,18). The SMILES string of the molecule is CNC(c1ccc(C)c(C)c1)C(C)(C)CC(=O)O. The van der Waals surface area contributed by atoms with E-state index in [2.05, 4.69) is 37.4 Å². The van der Waals surface area contributed by atoms with Gasteiger partial charge in [-0.05, 0) is 43.0 Å². The van der Waals surface area contributed by atoms with Crippen LogP contribution in [0.5, 0.6) is 0 Å². The maximum absolute atomic E-state index is 11.0. The molecular weight excluding hydrogens is 226 g/mol. The average Bonchev–Trinajstić information content (AvgIpc) is 2.21. The Morgan fingerprint density at radius 3 is 2.39 bits per heavy atom. The number of nitrogens with one attached hydrogen (secondary N) is 1. The molecule has 0 saturated carbocycles. The summed E-state index contributed by atoms with van der Waals surface area (Å²) in [6, 6.07) is 6.34. The van der Waals surface area contributed by atoms with Crippen LogP contribution in [0.3, 0.4) is 0 Å². The van der Waals surface area contributed by atoms with Gasteiger partial charge in [0.1, 0.15) is 0 Å². The van der Waals surface area contributed by atoms with Crippen molar-refractivity contribution in [2.75, 3.05) is 7.05 Å². The van der Waals surface area contributed by atoms with Gasteiger partial charge >= 0.3 is 5.97 Å². The van der Waals surface area contributed by atoms with Crippen LogP contribution in [0.25, 0.3) is 0 Å². The van der Waals surface area contributed by atoms with Crippen LogP contribution in [0.15, 0.2) is 18.2 Å². The predicted octanol–water partition coefficient (Wildman–Crippen LogP) is 3.06. The third kappa shape index (κ3) is 3.33. The zero-order valence-corrected chi connectivity index (χ0v) is 11.9. The van der Waals surface area contributed by atoms with Gasteiger partial charge in [-0.15, -0.1) is 0 Å².